The highest BCUT2D eigenvalue weighted by molar-refractivity contribution is 5.26. The fourth-order valence-corrected chi connectivity index (χ4v) is 2.56. The quantitative estimate of drug-likeness (QED) is 0.765. The molecule has 0 saturated carbocycles. The first-order chi connectivity index (χ1) is 8.52. The number of nitrogens with zero attached hydrogens (tertiary/aromatic N) is 2. The zero-order chi connectivity index (χ0) is 12.9. The van der Waals surface area contributed by atoms with Crippen LogP contribution in [0.15, 0.2) is 12.5 Å². The molecule has 100 valence electrons. The number of anilines is 1. The van der Waals surface area contributed by atoms with Crippen LogP contribution in [-0.2, 0) is 14.2 Å². The Kier molecular flexibility index (Phi) is 2.60. The molecule has 2 aliphatic heterocycles. The number of aromatic nitrogens is 2. The summed E-state index contributed by atoms with van der Waals surface area (Å²) in [4.78, 5) is 3.97. The van der Waals surface area contributed by atoms with Crippen LogP contribution in [0.4, 0.5) is 5.82 Å². The van der Waals surface area contributed by atoms with Gasteiger partial charge in [-0.3, -0.25) is 4.57 Å². The number of rotatable bonds is 2. The maximum absolute atomic E-state index is 9.35. The molecule has 3 rings (SSSR count). The van der Waals surface area contributed by atoms with Gasteiger partial charge in [0.15, 0.2) is 12.0 Å². The van der Waals surface area contributed by atoms with Crippen LogP contribution < -0.4 is 5.73 Å². The van der Waals surface area contributed by atoms with Crippen LogP contribution >= 0.6 is 0 Å². The van der Waals surface area contributed by atoms with E-state index in [1.54, 1.807) is 17.1 Å². The van der Waals surface area contributed by atoms with Crippen LogP contribution in [0.1, 0.15) is 20.1 Å². The second-order valence-corrected chi connectivity index (χ2v) is 5.04. The fraction of sp³-hybridized carbons (Fsp3) is 0.727. The normalized spacial score (nSPS) is 37.9. The molecule has 1 aromatic rings. The Morgan fingerprint density at radius 3 is 2.78 bits per heavy atom. The van der Waals surface area contributed by atoms with E-state index < -0.39 is 18.1 Å². The van der Waals surface area contributed by atoms with E-state index in [1.165, 1.54) is 0 Å². The standard InChI is InChI=1S/C11H17N3O4/c1-11(2)17-8-6(4-15)16-10(9(8)18-11)14-5-13-3-7(14)12/h3,5-6,8-10,15H,4,12H2,1-2H3/t6-,8-,9-,10-/m1/s1. The molecule has 7 nitrogen and oxygen atoms in total. The van der Waals surface area contributed by atoms with Crippen molar-refractivity contribution in [2.75, 3.05) is 12.3 Å². The minimum atomic E-state index is -0.680. The predicted octanol–water partition coefficient (Wildman–Crippen LogP) is -0.125. The van der Waals surface area contributed by atoms with E-state index in [4.69, 9.17) is 19.9 Å². The molecule has 4 atom stereocenters. The van der Waals surface area contributed by atoms with Gasteiger partial charge in [0.05, 0.1) is 19.1 Å². The molecule has 7 heteroatoms. The lowest BCUT2D eigenvalue weighted by molar-refractivity contribution is -0.199. The third kappa shape index (κ3) is 1.71. The molecule has 0 amide bonds. The average molecular weight is 255 g/mol. The number of nitrogen functional groups attached to an aromatic ring is 1. The van der Waals surface area contributed by atoms with Crippen molar-refractivity contribution in [3.63, 3.8) is 0 Å². The van der Waals surface area contributed by atoms with E-state index in [2.05, 4.69) is 4.98 Å². The van der Waals surface area contributed by atoms with Crippen molar-refractivity contribution in [1.82, 2.24) is 9.55 Å². The molecule has 3 heterocycles. The molecule has 1 aromatic heterocycles. The molecule has 0 aliphatic carbocycles. The van der Waals surface area contributed by atoms with Gasteiger partial charge in [0.1, 0.15) is 24.1 Å². The largest absolute Gasteiger partial charge is 0.394 e. The minimum absolute atomic E-state index is 0.119. The molecular weight excluding hydrogens is 238 g/mol. The Labute approximate surface area is 104 Å². The van der Waals surface area contributed by atoms with Gasteiger partial charge in [-0.05, 0) is 13.8 Å². The third-order valence-corrected chi connectivity index (χ3v) is 3.28. The highest BCUT2D eigenvalue weighted by atomic mass is 16.8. The van der Waals surface area contributed by atoms with Crippen molar-refractivity contribution < 1.29 is 19.3 Å². The molecule has 2 fully saturated rings. The van der Waals surface area contributed by atoms with Gasteiger partial charge < -0.3 is 25.1 Å². The number of fused-ring (bicyclic) bond motifs is 1. The van der Waals surface area contributed by atoms with Crippen LogP contribution in [0.3, 0.4) is 0 Å². The topological polar surface area (TPSA) is 91.8 Å². The van der Waals surface area contributed by atoms with Crippen molar-refractivity contribution in [2.24, 2.45) is 0 Å². The summed E-state index contributed by atoms with van der Waals surface area (Å²) in [5.74, 6) is -0.189. The highest BCUT2D eigenvalue weighted by Gasteiger charge is 2.55. The van der Waals surface area contributed by atoms with Gasteiger partial charge in [0.2, 0.25) is 0 Å². The van der Waals surface area contributed by atoms with Gasteiger partial charge in [0.25, 0.3) is 0 Å². The first-order valence-electron chi connectivity index (χ1n) is 5.91. The summed E-state index contributed by atoms with van der Waals surface area (Å²) in [7, 11) is 0. The lowest BCUT2D eigenvalue weighted by atomic mass is 10.1. The molecule has 0 spiro atoms. The monoisotopic (exact) mass is 255 g/mol. The summed E-state index contributed by atoms with van der Waals surface area (Å²) in [5.41, 5.74) is 5.82. The second-order valence-electron chi connectivity index (χ2n) is 5.04. The maximum atomic E-state index is 9.35. The third-order valence-electron chi connectivity index (χ3n) is 3.28. The van der Waals surface area contributed by atoms with Crippen molar-refractivity contribution in [3.05, 3.63) is 12.5 Å². The number of aliphatic hydroxyl groups is 1. The molecule has 2 aliphatic rings. The summed E-state index contributed by atoms with van der Waals surface area (Å²) >= 11 is 0. The first-order valence-corrected chi connectivity index (χ1v) is 5.91. The fourth-order valence-electron chi connectivity index (χ4n) is 2.56. The van der Waals surface area contributed by atoms with Crippen LogP contribution in [0.25, 0.3) is 0 Å². The Morgan fingerprint density at radius 1 is 1.44 bits per heavy atom. The molecular formula is C11H17N3O4. The van der Waals surface area contributed by atoms with E-state index in [0.29, 0.717) is 5.82 Å². The number of hydrogen-bond acceptors (Lipinski definition) is 6. The molecule has 0 bridgehead atoms. The van der Waals surface area contributed by atoms with Crippen LogP contribution in [0.2, 0.25) is 0 Å². The molecule has 2 saturated heterocycles. The summed E-state index contributed by atoms with van der Waals surface area (Å²) in [6.45, 7) is 3.56. The van der Waals surface area contributed by atoms with E-state index in [-0.39, 0.29) is 18.8 Å². The van der Waals surface area contributed by atoms with Gasteiger partial charge in [-0.1, -0.05) is 0 Å². The van der Waals surface area contributed by atoms with E-state index >= 15 is 0 Å². The van der Waals surface area contributed by atoms with Gasteiger partial charge in [-0.25, -0.2) is 4.98 Å². The molecule has 0 aromatic carbocycles. The first kappa shape index (κ1) is 11.9. The number of imidazole rings is 1. The summed E-state index contributed by atoms with van der Waals surface area (Å²) < 4.78 is 19.0. The zero-order valence-electron chi connectivity index (χ0n) is 10.3. The minimum Gasteiger partial charge on any atom is -0.394 e. The van der Waals surface area contributed by atoms with E-state index in [1.807, 2.05) is 13.8 Å². The van der Waals surface area contributed by atoms with Crippen LogP contribution in [0.5, 0.6) is 0 Å². The van der Waals surface area contributed by atoms with Gasteiger partial charge in [0, 0.05) is 0 Å². The predicted molar refractivity (Wildman–Crippen MR) is 61.5 cm³/mol. The Hall–Kier alpha value is -1.15. The lowest BCUT2D eigenvalue weighted by Crippen LogP contribution is -2.31. The number of hydrogen-bond donors (Lipinski definition) is 2. The number of ether oxygens (including phenoxy) is 3. The second kappa shape index (κ2) is 3.92. The van der Waals surface area contributed by atoms with Crippen molar-refractivity contribution in [2.45, 2.75) is 44.2 Å². The van der Waals surface area contributed by atoms with Crippen LogP contribution in [0, 0.1) is 0 Å². The number of aliphatic hydroxyl groups excluding tert-OH is 1. The summed E-state index contributed by atoms with van der Waals surface area (Å²) in [6.07, 6.45) is 1.71. The molecule has 0 radical (unpaired) electrons. The maximum Gasteiger partial charge on any atom is 0.166 e. The van der Waals surface area contributed by atoms with Gasteiger partial charge >= 0.3 is 0 Å². The van der Waals surface area contributed by atoms with Gasteiger partial charge in [-0.2, -0.15) is 0 Å². The SMILES string of the molecule is CC1(C)O[C@@H]2[C@H](O1)[C@@H](CO)O[C@H]2n1cncc1N. The Morgan fingerprint density at radius 2 is 2.17 bits per heavy atom. The molecule has 3 N–H and O–H groups in total. The summed E-state index contributed by atoms with van der Waals surface area (Å²) in [5, 5.41) is 9.35. The van der Waals surface area contributed by atoms with Crippen molar-refractivity contribution in [1.29, 1.82) is 0 Å². The van der Waals surface area contributed by atoms with Crippen molar-refractivity contribution in [3.8, 4) is 0 Å². The summed E-state index contributed by atoms with van der Waals surface area (Å²) in [6, 6.07) is 0. The number of nitrogens with two attached hydrogens (primary N) is 1. The van der Waals surface area contributed by atoms with E-state index in [9.17, 15) is 5.11 Å². The average Bonchev–Trinajstić information content (AvgIpc) is 2.91. The van der Waals surface area contributed by atoms with Crippen molar-refractivity contribution >= 4 is 5.82 Å². The Bertz CT molecular complexity index is 447. The van der Waals surface area contributed by atoms with Crippen LogP contribution in [-0.4, -0.2) is 45.4 Å². The molecule has 0 unspecified atom stereocenters. The highest BCUT2D eigenvalue weighted by Crippen LogP contribution is 2.43. The lowest BCUT2D eigenvalue weighted by Gasteiger charge is -2.24. The van der Waals surface area contributed by atoms with E-state index in [0.717, 1.165) is 0 Å². The zero-order valence-corrected chi connectivity index (χ0v) is 10.3. The molecule has 18 heavy (non-hydrogen) atoms. The van der Waals surface area contributed by atoms with Gasteiger partial charge in [-0.15, -0.1) is 0 Å². The smallest absolute Gasteiger partial charge is 0.166 e. The Balaban J connectivity index is 1.91.